The number of carboxylic acid groups (broad SMARTS) is 1. The number of fused-ring (bicyclic) bond motifs is 1. The molecule has 0 radical (unpaired) electrons. The van der Waals surface area contributed by atoms with E-state index >= 15 is 0 Å². The van der Waals surface area contributed by atoms with Gasteiger partial charge >= 0.3 is 11.7 Å². The Morgan fingerprint density at radius 1 is 1.08 bits per heavy atom. The van der Waals surface area contributed by atoms with Crippen LogP contribution in [0.2, 0.25) is 0 Å². The van der Waals surface area contributed by atoms with Crippen molar-refractivity contribution >= 4 is 17.1 Å². The number of hydrogen-bond donors (Lipinski definition) is 3. The lowest BCUT2D eigenvalue weighted by molar-refractivity contribution is 0.0693. The number of nitrogens with zero attached hydrogens (tertiary/aromatic N) is 4. The van der Waals surface area contributed by atoms with Gasteiger partial charge in [0.05, 0.1) is 6.33 Å². The van der Waals surface area contributed by atoms with Crippen LogP contribution in [0.5, 0.6) is 11.5 Å². The number of aromatic carboxylic acids is 1. The Hall–Kier alpha value is -3.60. The maximum absolute atomic E-state index is 11.7. The van der Waals surface area contributed by atoms with Gasteiger partial charge in [0.15, 0.2) is 11.2 Å². The molecular weight excluding hydrogens is 348 g/mol. The van der Waals surface area contributed by atoms with Crippen molar-refractivity contribution < 1.29 is 25.6 Å². The highest BCUT2D eigenvalue weighted by Gasteiger charge is 2.11. The Morgan fingerprint density at radius 3 is 2.23 bits per heavy atom. The fraction of sp³-hybridized carbons (Fsp3) is 0.200. The molecule has 0 bridgehead atoms. The van der Waals surface area contributed by atoms with Crippen molar-refractivity contribution in [1.82, 2.24) is 18.7 Å². The molecule has 0 amide bonds. The van der Waals surface area contributed by atoms with Gasteiger partial charge in [-0.15, -0.1) is 0 Å². The van der Waals surface area contributed by atoms with Crippen LogP contribution in [0.15, 0.2) is 34.1 Å². The van der Waals surface area contributed by atoms with Crippen molar-refractivity contribution in [2.24, 2.45) is 21.1 Å². The van der Waals surface area contributed by atoms with Gasteiger partial charge in [0.2, 0.25) is 0 Å². The molecule has 0 saturated carbocycles. The third-order valence-corrected chi connectivity index (χ3v) is 3.53. The number of aromatic hydroxyl groups is 2. The molecule has 0 saturated heterocycles. The van der Waals surface area contributed by atoms with Crippen molar-refractivity contribution in [3.8, 4) is 11.5 Å². The first-order chi connectivity index (χ1) is 11.6. The standard InChI is InChI=1S/C8H10N4O2.C7H6O4.H2O/c1-10-4-9-6-5(10)7(13)12(3)8(14)11(6)2;8-4-1-2-5(7(10)11)6(9)3-4;/h4H,1-3H3;1-3,8-9H,(H,10,11);1H2. The van der Waals surface area contributed by atoms with Gasteiger partial charge in [0.25, 0.3) is 5.56 Å². The molecule has 1 aromatic carbocycles. The fourth-order valence-electron chi connectivity index (χ4n) is 2.17. The number of hydrogen-bond acceptors (Lipinski definition) is 6. The molecule has 0 unspecified atom stereocenters. The SMILES string of the molecule is Cn1c(=O)c2c(ncn2C)n(C)c1=O.O.O=C(O)c1ccc(O)cc1O. The summed E-state index contributed by atoms with van der Waals surface area (Å²) in [4.78, 5) is 37.4. The average Bonchev–Trinajstić information content (AvgIpc) is 2.93. The Kier molecular flexibility index (Phi) is 5.92. The zero-order valence-electron chi connectivity index (χ0n) is 14.2. The normalized spacial score (nSPS) is 9.96. The number of aryl methyl sites for hydroxylation is 2. The molecule has 0 aliphatic heterocycles. The van der Waals surface area contributed by atoms with Crippen molar-refractivity contribution in [3.05, 3.63) is 50.9 Å². The van der Waals surface area contributed by atoms with E-state index < -0.39 is 11.7 Å². The summed E-state index contributed by atoms with van der Waals surface area (Å²) in [5.41, 5.74) is -0.0395. The number of rotatable bonds is 1. The minimum Gasteiger partial charge on any atom is -0.508 e. The van der Waals surface area contributed by atoms with E-state index in [1.807, 2.05) is 0 Å². The Balaban J connectivity index is 0.000000258. The van der Waals surface area contributed by atoms with Crippen LogP contribution >= 0.6 is 0 Å². The Bertz CT molecular complexity index is 1080. The number of benzene rings is 1. The van der Waals surface area contributed by atoms with Crippen LogP contribution in [0.4, 0.5) is 0 Å². The molecule has 140 valence electrons. The van der Waals surface area contributed by atoms with Crippen molar-refractivity contribution in [2.45, 2.75) is 0 Å². The molecule has 2 aromatic heterocycles. The summed E-state index contributed by atoms with van der Waals surface area (Å²) in [5, 5.41) is 26.1. The molecule has 2 heterocycles. The minimum absolute atomic E-state index is 0. The fourth-order valence-corrected chi connectivity index (χ4v) is 2.17. The largest absolute Gasteiger partial charge is 0.508 e. The van der Waals surface area contributed by atoms with E-state index in [1.54, 1.807) is 18.7 Å². The highest BCUT2D eigenvalue weighted by atomic mass is 16.4. The molecule has 0 atom stereocenters. The third kappa shape index (κ3) is 3.57. The summed E-state index contributed by atoms with van der Waals surface area (Å²) >= 11 is 0. The lowest BCUT2D eigenvalue weighted by Crippen LogP contribution is -2.37. The predicted octanol–water partition coefficient (Wildman–Crippen LogP) is -1.06. The van der Waals surface area contributed by atoms with E-state index in [0.29, 0.717) is 11.2 Å². The van der Waals surface area contributed by atoms with Crippen LogP contribution < -0.4 is 11.2 Å². The molecule has 0 aliphatic carbocycles. The molecule has 3 rings (SSSR count). The van der Waals surface area contributed by atoms with Gasteiger partial charge in [-0.2, -0.15) is 0 Å². The predicted molar refractivity (Wildman–Crippen MR) is 91.5 cm³/mol. The van der Waals surface area contributed by atoms with Crippen LogP contribution in [0.3, 0.4) is 0 Å². The van der Waals surface area contributed by atoms with Gasteiger partial charge in [0.1, 0.15) is 17.1 Å². The average molecular weight is 366 g/mol. The summed E-state index contributed by atoms with van der Waals surface area (Å²) in [7, 11) is 4.77. The molecular formula is C15H18N4O7. The van der Waals surface area contributed by atoms with Crippen molar-refractivity contribution in [3.63, 3.8) is 0 Å². The Morgan fingerprint density at radius 2 is 1.69 bits per heavy atom. The lowest BCUT2D eigenvalue weighted by atomic mass is 10.2. The molecule has 0 aliphatic rings. The van der Waals surface area contributed by atoms with E-state index in [9.17, 15) is 14.4 Å². The van der Waals surface area contributed by atoms with Crippen LogP contribution in [-0.2, 0) is 21.1 Å². The molecule has 3 aromatic rings. The van der Waals surface area contributed by atoms with Crippen LogP contribution in [0.1, 0.15) is 10.4 Å². The number of carbonyl (C=O) groups is 1. The molecule has 11 heteroatoms. The second-order valence-corrected chi connectivity index (χ2v) is 5.24. The van der Waals surface area contributed by atoms with E-state index in [0.717, 1.165) is 16.7 Å². The van der Waals surface area contributed by atoms with Gasteiger partial charge in [-0.1, -0.05) is 0 Å². The number of carboxylic acids is 1. The van der Waals surface area contributed by atoms with E-state index in [2.05, 4.69) is 4.98 Å². The molecule has 11 nitrogen and oxygen atoms in total. The second-order valence-electron chi connectivity index (χ2n) is 5.24. The van der Waals surface area contributed by atoms with Crippen molar-refractivity contribution in [2.75, 3.05) is 0 Å². The summed E-state index contributed by atoms with van der Waals surface area (Å²) in [5.74, 6) is -1.81. The molecule has 0 fully saturated rings. The smallest absolute Gasteiger partial charge is 0.339 e. The van der Waals surface area contributed by atoms with Crippen LogP contribution in [0.25, 0.3) is 11.2 Å². The monoisotopic (exact) mass is 366 g/mol. The maximum atomic E-state index is 11.7. The van der Waals surface area contributed by atoms with E-state index in [1.165, 1.54) is 24.0 Å². The van der Waals surface area contributed by atoms with Gasteiger partial charge in [-0.3, -0.25) is 13.9 Å². The third-order valence-electron chi connectivity index (χ3n) is 3.53. The first-order valence-corrected chi connectivity index (χ1v) is 6.97. The van der Waals surface area contributed by atoms with E-state index in [-0.39, 0.29) is 28.0 Å². The lowest BCUT2D eigenvalue weighted by Gasteiger charge is -2.02. The summed E-state index contributed by atoms with van der Waals surface area (Å²) in [6.07, 6.45) is 1.52. The Labute approximate surface area is 145 Å². The van der Waals surface area contributed by atoms with Gasteiger partial charge in [-0.05, 0) is 12.1 Å². The zero-order chi connectivity index (χ0) is 18.9. The quantitative estimate of drug-likeness (QED) is 0.492. The van der Waals surface area contributed by atoms with Crippen LogP contribution in [0, 0.1) is 0 Å². The first kappa shape index (κ1) is 20.4. The molecule has 0 spiro atoms. The van der Waals surface area contributed by atoms with Gasteiger partial charge in [0, 0.05) is 27.2 Å². The van der Waals surface area contributed by atoms with Gasteiger partial charge < -0.3 is 25.4 Å². The highest BCUT2D eigenvalue weighted by Crippen LogP contribution is 2.21. The van der Waals surface area contributed by atoms with Crippen LogP contribution in [-0.4, -0.2) is 45.5 Å². The number of phenolic OH excluding ortho intramolecular Hbond substituents is 1. The zero-order valence-corrected chi connectivity index (χ0v) is 14.2. The maximum Gasteiger partial charge on any atom is 0.339 e. The topological polar surface area (TPSA) is 171 Å². The highest BCUT2D eigenvalue weighted by molar-refractivity contribution is 5.90. The number of aromatic nitrogens is 4. The summed E-state index contributed by atoms with van der Waals surface area (Å²) in [6.45, 7) is 0. The molecule has 5 N–H and O–H groups in total. The second kappa shape index (κ2) is 7.53. The molecule has 26 heavy (non-hydrogen) atoms. The minimum atomic E-state index is -1.22. The van der Waals surface area contributed by atoms with Gasteiger partial charge in [-0.25, -0.2) is 14.6 Å². The van der Waals surface area contributed by atoms with Crippen molar-refractivity contribution in [1.29, 1.82) is 0 Å². The summed E-state index contributed by atoms with van der Waals surface area (Å²) in [6, 6.07) is 3.31. The first-order valence-electron chi connectivity index (χ1n) is 6.97. The number of phenols is 2. The number of imidazole rings is 1. The van der Waals surface area contributed by atoms with E-state index in [4.69, 9.17) is 15.3 Å². The summed E-state index contributed by atoms with van der Waals surface area (Å²) < 4.78 is 4.04.